The van der Waals surface area contributed by atoms with E-state index >= 15 is 4.39 Å². The van der Waals surface area contributed by atoms with Crippen LogP contribution < -0.4 is 19.5 Å². The molecule has 0 saturated carbocycles. The minimum Gasteiger partial charge on any atom is -0.506 e. The van der Waals surface area contributed by atoms with Crippen molar-refractivity contribution in [2.45, 2.75) is 20.0 Å². The van der Waals surface area contributed by atoms with E-state index in [1.54, 1.807) is 6.07 Å². The van der Waals surface area contributed by atoms with E-state index in [2.05, 4.69) is 25.4 Å². The molecule has 0 fully saturated rings. The number of alkyl halides is 3. The molecule has 1 amide bonds. The summed E-state index contributed by atoms with van der Waals surface area (Å²) >= 11 is 0. The molecule has 0 aliphatic heterocycles. The molecule has 0 radical (unpaired) electrons. The molecule has 15 heteroatoms. The normalized spacial score (nSPS) is 11.5. The summed E-state index contributed by atoms with van der Waals surface area (Å²) in [5, 5.41) is 17.0. The number of halogens is 4. The first-order chi connectivity index (χ1) is 20.8. The van der Waals surface area contributed by atoms with Gasteiger partial charge in [0.1, 0.15) is 16.8 Å². The van der Waals surface area contributed by atoms with Crippen LogP contribution in [0.25, 0.3) is 22.3 Å². The van der Waals surface area contributed by atoms with Gasteiger partial charge >= 0.3 is 6.18 Å². The molecule has 11 nitrogen and oxygen atoms in total. The minimum absolute atomic E-state index is 0.00443. The highest BCUT2D eigenvalue weighted by Gasteiger charge is 2.35. The fraction of sp³-hybridized carbons (Fsp3) is 0.207. The number of nitrogens with zero attached hydrogens (tertiary/aromatic N) is 5. The number of rotatable bonds is 7. The van der Waals surface area contributed by atoms with Gasteiger partial charge in [-0.15, -0.1) is 0 Å². The van der Waals surface area contributed by atoms with Crippen LogP contribution in [0.5, 0.6) is 28.9 Å². The number of carbonyl (C=O) groups excluding carboxylic acids is 1. The van der Waals surface area contributed by atoms with Crippen LogP contribution in [0.2, 0.25) is 0 Å². The SMILES string of the molecule is COc1cc2nccc(Oc3ccc(NC(=O)c4c(C)nc(C)c(-c5cc(C(F)(F)F)nn5C)c4O)cc3F)c2nc1OC. The van der Waals surface area contributed by atoms with Crippen molar-refractivity contribution in [3.8, 4) is 40.1 Å². The molecular formula is C29H24F4N6O5. The lowest BCUT2D eigenvalue weighted by atomic mass is 10.0. The third kappa shape index (κ3) is 5.50. The monoisotopic (exact) mass is 612 g/mol. The zero-order valence-corrected chi connectivity index (χ0v) is 23.9. The number of aryl methyl sites for hydroxylation is 3. The van der Waals surface area contributed by atoms with Crippen molar-refractivity contribution in [2.75, 3.05) is 19.5 Å². The number of amides is 1. The van der Waals surface area contributed by atoms with Crippen LogP contribution in [0, 0.1) is 19.7 Å². The molecule has 0 saturated heterocycles. The van der Waals surface area contributed by atoms with Gasteiger partial charge in [-0.3, -0.25) is 19.4 Å². The molecule has 4 aromatic heterocycles. The van der Waals surface area contributed by atoms with E-state index in [9.17, 15) is 23.1 Å². The number of ether oxygens (including phenoxy) is 3. The van der Waals surface area contributed by atoms with Gasteiger partial charge < -0.3 is 24.6 Å². The first-order valence-electron chi connectivity index (χ1n) is 12.8. The maximum Gasteiger partial charge on any atom is 0.435 e. The number of nitrogens with one attached hydrogen (secondary N) is 1. The third-order valence-corrected chi connectivity index (χ3v) is 6.62. The summed E-state index contributed by atoms with van der Waals surface area (Å²) in [5.74, 6) is -1.81. The lowest BCUT2D eigenvalue weighted by Crippen LogP contribution is -2.16. The Hall–Kier alpha value is -5.47. The molecule has 2 N–H and O–H groups in total. The third-order valence-electron chi connectivity index (χ3n) is 6.62. The molecule has 44 heavy (non-hydrogen) atoms. The van der Waals surface area contributed by atoms with Gasteiger partial charge in [0.15, 0.2) is 28.8 Å². The summed E-state index contributed by atoms with van der Waals surface area (Å²) < 4.78 is 72.1. The first-order valence-corrected chi connectivity index (χ1v) is 12.8. The van der Waals surface area contributed by atoms with Gasteiger partial charge in [0, 0.05) is 37.1 Å². The van der Waals surface area contributed by atoms with Crippen LogP contribution in [0.4, 0.5) is 23.2 Å². The van der Waals surface area contributed by atoms with Crippen LogP contribution in [0.1, 0.15) is 27.4 Å². The number of hydrogen-bond donors (Lipinski definition) is 2. The molecule has 5 rings (SSSR count). The minimum atomic E-state index is -4.72. The largest absolute Gasteiger partial charge is 0.506 e. The number of benzene rings is 1. The van der Waals surface area contributed by atoms with Crippen LogP contribution >= 0.6 is 0 Å². The number of aromatic nitrogens is 5. The van der Waals surface area contributed by atoms with Crippen molar-refractivity contribution in [1.29, 1.82) is 0 Å². The Kier molecular flexibility index (Phi) is 7.72. The van der Waals surface area contributed by atoms with E-state index in [1.165, 1.54) is 59.5 Å². The summed E-state index contributed by atoms with van der Waals surface area (Å²) in [7, 11) is 4.14. The molecule has 0 unspecified atom stereocenters. The van der Waals surface area contributed by atoms with Gasteiger partial charge in [-0.2, -0.15) is 18.3 Å². The number of methoxy groups -OCH3 is 2. The van der Waals surface area contributed by atoms with Gasteiger partial charge in [-0.1, -0.05) is 0 Å². The highest BCUT2D eigenvalue weighted by Crippen LogP contribution is 2.39. The van der Waals surface area contributed by atoms with Crippen molar-refractivity contribution in [2.24, 2.45) is 7.05 Å². The van der Waals surface area contributed by atoms with Crippen LogP contribution in [0.3, 0.4) is 0 Å². The van der Waals surface area contributed by atoms with Crippen molar-refractivity contribution in [3.63, 3.8) is 0 Å². The fourth-order valence-corrected chi connectivity index (χ4v) is 4.61. The average Bonchev–Trinajstić information content (AvgIpc) is 3.35. The Balaban J connectivity index is 1.43. The van der Waals surface area contributed by atoms with E-state index in [4.69, 9.17) is 14.2 Å². The molecule has 4 heterocycles. The average molecular weight is 613 g/mol. The molecule has 1 aromatic carbocycles. The molecule has 228 valence electrons. The summed E-state index contributed by atoms with van der Waals surface area (Å²) in [6, 6.07) is 7.47. The topological polar surface area (TPSA) is 134 Å². The Bertz CT molecular complexity index is 1930. The van der Waals surface area contributed by atoms with Crippen molar-refractivity contribution >= 4 is 22.6 Å². The summed E-state index contributed by atoms with van der Waals surface area (Å²) in [4.78, 5) is 26.1. The Morgan fingerprint density at radius 1 is 0.977 bits per heavy atom. The molecule has 5 aromatic rings. The number of anilines is 1. The Morgan fingerprint density at radius 3 is 2.36 bits per heavy atom. The van der Waals surface area contributed by atoms with Crippen LogP contribution in [-0.4, -0.2) is 50.0 Å². The first kappa shape index (κ1) is 30.0. The van der Waals surface area contributed by atoms with E-state index in [-0.39, 0.29) is 56.8 Å². The molecule has 0 atom stereocenters. The lowest BCUT2D eigenvalue weighted by molar-refractivity contribution is -0.141. The highest BCUT2D eigenvalue weighted by molar-refractivity contribution is 6.08. The van der Waals surface area contributed by atoms with E-state index in [0.717, 1.165) is 16.8 Å². The van der Waals surface area contributed by atoms with Gasteiger partial charge in [0.05, 0.1) is 42.4 Å². The van der Waals surface area contributed by atoms with Crippen molar-refractivity contribution in [3.05, 3.63) is 71.1 Å². The maximum atomic E-state index is 15.2. The smallest absolute Gasteiger partial charge is 0.435 e. The number of carbonyl (C=O) groups is 1. The predicted molar refractivity (Wildman–Crippen MR) is 150 cm³/mol. The van der Waals surface area contributed by atoms with Gasteiger partial charge in [-0.05, 0) is 32.0 Å². The standard InChI is InChI=1S/C29H24F4N6O5/c1-13-23(18-12-22(29(31,32)33)38-39(18)3)26(40)24(14(2)35-13)27(41)36-15-6-7-19(16(30)10-15)44-20-8-9-34-17-11-21(42-4)28(43-5)37-25(17)20/h6-12H,1-5H3,(H,35,40)(H,36,41). The highest BCUT2D eigenvalue weighted by atomic mass is 19.4. The number of hydrogen-bond acceptors (Lipinski definition) is 9. The van der Waals surface area contributed by atoms with Gasteiger partial charge in [0.25, 0.3) is 11.8 Å². The fourth-order valence-electron chi connectivity index (χ4n) is 4.61. The molecular weight excluding hydrogens is 588 g/mol. The summed E-state index contributed by atoms with van der Waals surface area (Å²) in [5.41, 5.74) is -0.710. The Labute approximate surface area is 247 Å². The molecule has 0 spiro atoms. The second-order valence-electron chi connectivity index (χ2n) is 9.50. The molecule has 0 bridgehead atoms. The Morgan fingerprint density at radius 2 is 1.73 bits per heavy atom. The summed E-state index contributed by atoms with van der Waals surface area (Å²) in [6.45, 7) is 2.93. The predicted octanol–water partition coefficient (Wildman–Crippen LogP) is 5.97. The number of pyridine rings is 3. The van der Waals surface area contributed by atoms with Gasteiger partial charge in [-0.25, -0.2) is 9.37 Å². The van der Waals surface area contributed by atoms with E-state index < -0.39 is 29.3 Å². The van der Waals surface area contributed by atoms with E-state index in [1.807, 2.05) is 0 Å². The zero-order chi connectivity index (χ0) is 31.9. The number of fused-ring (bicyclic) bond motifs is 1. The second kappa shape index (κ2) is 11.3. The van der Waals surface area contributed by atoms with E-state index in [0.29, 0.717) is 11.3 Å². The summed E-state index contributed by atoms with van der Waals surface area (Å²) in [6.07, 6.45) is -3.27. The lowest BCUT2D eigenvalue weighted by Gasteiger charge is -2.15. The maximum absolute atomic E-state index is 15.2. The van der Waals surface area contributed by atoms with Crippen LogP contribution in [-0.2, 0) is 13.2 Å². The second-order valence-corrected chi connectivity index (χ2v) is 9.50. The van der Waals surface area contributed by atoms with Crippen LogP contribution in [0.15, 0.2) is 42.6 Å². The molecule has 0 aliphatic carbocycles. The van der Waals surface area contributed by atoms with Crippen molar-refractivity contribution < 1.29 is 41.7 Å². The quantitative estimate of drug-likeness (QED) is 0.213. The zero-order valence-electron chi connectivity index (χ0n) is 23.9. The van der Waals surface area contributed by atoms with Gasteiger partial charge in [0.2, 0.25) is 0 Å². The molecule has 0 aliphatic rings. The van der Waals surface area contributed by atoms with Crippen molar-refractivity contribution in [1.82, 2.24) is 24.7 Å². The number of aromatic hydroxyl groups is 1.